The Morgan fingerprint density at radius 2 is 2.16 bits per heavy atom. The molecule has 0 spiro atoms. The van der Waals surface area contributed by atoms with Crippen LogP contribution in [-0.2, 0) is 11.3 Å². The van der Waals surface area contributed by atoms with Crippen molar-refractivity contribution in [2.75, 3.05) is 23.9 Å². The maximum Gasteiger partial charge on any atom is 0.246 e. The van der Waals surface area contributed by atoms with Gasteiger partial charge in [0.25, 0.3) is 0 Å². The summed E-state index contributed by atoms with van der Waals surface area (Å²) in [4.78, 5) is 18.2. The predicted molar refractivity (Wildman–Crippen MR) is 122 cm³/mol. The second-order valence-corrected chi connectivity index (χ2v) is 7.61. The Kier molecular flexibility index (Phi) is 6.13. The molecule has 1 fully saturated rings. The van der Waals surface area contributed by atoms with E-state index in [1.807, 2.05) is 54.3 Å². The van der Waals surface area contributed by atoms with Crippen LogP contribution in [0.3, 0.4) is 0 Å². The fraction of sp³-hybridized carbons (Fsp3) is 0.273. The van der Waals surface area contributed by atoms with Gasteiger partial charge in [-0.25, -0.2) is 0 Å². The van der Waals surface area contributed by atoms with Crippen LogP contribution in [0.5, 0.6) is 5.75 Å². The number of anilines is 2. The Hall–Kier alpha value is -3.46. The van der Waals surface area contributed by atoms with E-state index in [9.17, 15) is 4.79 Å². The van der Waals surface area contributed by atoms with Crippen LogP contribution in [0.1, 0.15) is 24.3 Å². The van der Waals surface area contributed by atoms with Crippen LogP contribution in [0.2, 0.25) is 0 Å². The highest BCUT2D eigenvalue weighted by atomic mass is 32.1. The van der Waals surface area contributed by atoms with E-state index in [2.05, 4.69) is 20.8 Å². The average molecular weight is 438 g/mol. The molecule has 9 heteroatoms. The summed E-state index contributed by atoms with van der Waals surface area (Å²) in [7, 11) is 1.61. The van der Waals surface area contributed by atoms with Gasteiger partial charge in [0.2, 0.25) is 17.6 Å². The van der Waals surface area contributed by atoms with Crippen molar-refractivity contribution in [2.24, 2.45) is 0 Å². The standard InChI is InChI=1S/C22H23N5O3S/c1-14-11-16(8-9-18(14)27-10-4-7-20(27)28)24-22(31)23-13-19-25-21(26-30-19)15-5-3-6-17(12-15)29-2/h3,5-6,8-9,11-12H,4,7,10,13H2,1-2H3,(H2,23,24,31). The van der Waals surface area contributed by atoms with E-state index in [0.717, 1.165) is 41.2 Å². The van der Waals surface area contributed by atoms with Crippen LogP contribution in [0.4, 0.5) is 11.4 Å². The second-order valence-electron chi connectivity index (χ2n) is 7.20. The molecule has 2 heterocycles. The van der Waals surface area contributed by atoms with Gasteiger partial charge in [0.15, 0.2) is 5.11 Å². The number of benzene rings is 2. The monoisotopic (exact) mass is 437 g/mol. The Labute approximate surface area is 185 Å². The zero-order chi connectivity index (χ0) is 21.8. The van der Waals surface area contributed by atoms with E-state index in [1.165, 1.54) is 0 Å². The molecule has 8 nitrogen and oxygen atoms in total. The summed E-state index contributed by atoms with van der Waals surface area (Å²) in [6.45, 7) is 3.05. The van der Waals surface area contributed by atoms with Crippen LogP contribution in [0.15, 0.2) is 47.0 Å². The second kappa shape index (κ2) is 9.13. The zero-order valence-corrected chi connectivity index (χ0v) is 18.2. The number of nitrogens with zero attached hydrogens (tertiary/aromatic N) is 3. The summed E-state index contributed by atoms with van der Waals surface area (Å²) in [5, 5.41) is 10.7. The highest BCUT2D eigenvalue weighted by molar-refractivity contribution is 7.80. The SMILES string of the molecule is COc1cccc(-c2noc(CNC(=S)Nc3ccc(N4CCCC4=O)c(C)c3)n2)c1. The Bertz CT molecular complexity index is 1110. The molecular formula is C22H23N5O3S. The van der Waals surface area contributed by atoms with Gasteiger partial charge < -0.3 is 24.8 Å². The highest BCUT2D eigenvalue weighted by Crippen LogP contribution is 2.27. The molecule has 0 aliphatic carbocycles. The first kappa shape index (κ1) is 20.8. The molecule has 0 bridgehead atoms. The number of aryl methyl sites for hydroxylation is 1. The highest BCUT2D eigenvalue weighted by Gasteiger charge is 2.23. The Morgan fingerprint density at radius 3 is 2.90 bits per heavy atom. The van der Waals surface area contributed by atoms with E-state index in [4.69, 9.17) is 21.5 Å². The number of thiocarbonyl (C=S) groups is 1. The van der Waals surface area contributed by atoms with Gasteiger partial charge in [0, 0.05) is 29.9 Å². The van der Waals surface area contributed by atoms with Crippen molar-refractivity contribution in [3.63, 3.8) is 0 Å². The molecule has 1 aliphatic heterocycles. The molecule has 1 aromatic heterocycles. The lowest BCUT2D eigenvalue weighted by Crippen LogP contribution is -2.28. The molecule has 1 amide bonds. The fourth-order valence-electron chi connectivity index (χ4n) is 3.48. The third-order valence-electron chi connectivity index (χ3n) is 5.02. The Balaban J connectivity index is 1.34. The quantitative estimate of drug-likeness (QED) is 0.565. The molecule has 0 radical (unpaired) electrons. The molecule has 0 atom stereocenters. The van der Waals surface area contributed by atoms with Crippen LogP contribution >= 0.6 is 12.2 Å². The van der Waals surface area contributed by atoms with Crippen molar-refractivity contribution < 1.29 is 14.1 Å². The van der Waals surface area contributed by atoms with Gasteiger partial charge in [-0.05, 0) is 61.5 Å². The van der Waals surface area contributed by atoms with Gasteiger partial charge in [-0.2, -0.15) is 4.98 Å². The van der Waals surface area contributed by atoms with Crippen LogP contribution < -0.4 is 20.3 Å². The lowest BCUT2D eigenvalue weighted by Gasteiger charge is -2.19. The maximum atomic E-state index is 12.0. The molecule has 1 aliphatic rings. The van der Waals surface area contributed by atoms with E-state index in [1.54, 1.807) is 7.11 Å². The normalized spacial score (nSPS) is 13.4. The van der Waals surface area contributed by atoms with Gasteiger partial charge in [-0.3, -0.25) is 4.79 Å². The zero-order valence-electron chi connectivity index (χ0n) is 17.3. The third kappa shape index (κ3) is 4.83. The number of hydrogen-bond acceptors (Lipinski definition) is 6. The number of carbonyl (C=O) groups is 1. The predicted octanol–water partition coefficient (Wildman–Crippen LogP) is 3.67. The first-order valence-corrected chi connectivity index (χ1v) is 10.4. The average Bonchev–Trinajstić information content (AvgIpc) is 3.42. The fourth-order valence-corrected chi connectivity index (χ4v) is 3.67. The number of methoxy groups -OCH3 is 1. The smallest absolute Gasteiger partial charge is 0.246 e. The summed E-state index contributed by atoms with van der Waals surface area (Å²) in [5.74, 6) is 1.80. The minimum atomic E-state index is 0.175. The molecular weight excluding hydrogens is 414 g/mol. The molecule has 4 rings (SSSR count). The minimum absolute atomic E-state index is 0.175. The molecule has 1 saturated heterocycles. The van der Waals surface area contributed by atoms with Crippen molar-refractivity contribution in [1.29, 1.82) is 0 Å². The first-order chi connectivity index (χ1) is 15.0. The number of aromatic nitrogens is 2. The van der Waals surface area contributed by atoms with E-state index in [-0.39, 0.29) is 5.91 Å². The number of rotatable bonds is 6. The number of carbonyl (C=O) groups excluding carboxylic acids is 1. The van der Waals surface area contributed by atoms with Crippen molar-refractivity contribution in [3.05, 3.63) is 53.9 Å². The van der Waals surface area contributed by atoms with Crippen LogP contribution in [-0.4, -0.2) is 34.8 Å². The third-order valence-corrected chi connectivity index (χ3v) is 5.26. The molecule has 2 aromatic carbocycles. The number of nitrogens with one attached hydrogen (secondary N) is 2. The molecule has 31 heavy (non-hydrogen) atoms. The van der Waals surface area contributed by atoms with Gasteiger partial charge >= 0.3 is 0 Å². The number of amides is 1. The van der Waals surface area contributed by atoms with Gasteiger partial charge in [-0.15, -0.1) is 0 Å². The lowest BCUT2D eigenvalue weighted by atomic mass is 10.1. The Morgan fingerprint density at radius 1 is 1.29 bits per heavy atom. The van der Waals surface area contributed by atoms with Crippen molar-refractivity contribution in [3.8, 4) is 17.1 Å². The topological polar surface area (TPSA) is 92.5 Å². The first-order valence-electron chi connectivity index (χ1n) is 9.96. The van der Waals surface area contributed by atoms with E-state index in [0.29, 0.717) is 29.8 Å². The maximum absolute atomic E-state index is 12.0. The molecule has 2 N–H and O–H groups in total. The van der Waals surface area contributed by atoms with Gasteiger partial charge in [-0.1, -0.05) is 17.3 Å². The van der Waals surface area contributed by atoms with E-state index >= 15 is 0 Å². The summed E-state index contributed by atoms with van der Waals surface area (Å²) in [6, 6.07) is 13.3. The van der Waals surface area contributed by atoms with Crippen molar-refractivity contribution in [1.82, 2.24) is 15.5 Å². The summed E-state index contributed by atoms with van der Waals surface area (Å²) in [5.41, 5.74) is 3.61. The van der Waals surface area contributed by atoms with Gasteiger partial charge in [0.05, 0.1) is 13.7 Å². The summed E-state index contributed by atoms with van der Waals surface area (Å²) >= 11 is 5.38. The molecule has 3 aromatic rings. The lowest BCUT2D eigenvalue weighted by molar-refractivity contribution is -0.117. The number of hydrogen-bond donors (Lipinski definition) is 2. The van der Waals surface area contributed by atoms with Gasteiger partial charge in [0.1, 0.15) is 5.75 Å². The van der Waals surface area contributed by atoms with Crippen LogP contribution in [0.25, 0.3) is 11.4 Å². The largest absolute Gasteiger partial charge is 0.497 e. The minimum Gasteiger partial charge on any atom is -0.497 e. The van der Waals surface area contributed by atoms with Crippen molar-refractivity contribution in [2.45, 2.75) is 26.3 Å². The van der Waals surface area contributed by atoms with Crippen molar-refractivity contribution >= 4 is 34.6 Å². The number of ether oxygens (including phenoxy) is 1. The summed E-state index contributed by atoms with van der Waals surface area (Å²) < 4.78 is 10.5. The van der Waals surface area contributed by atoms with E-state index < -0.39 is 0 Å². The molecule has 160 valence electrons. The molecule has 0 unspecified atom stereocenters. The summed E-state index contributed by atoms with van der Waals surface area (Å²) in [6.07, 6.45) is 1.52. The van der Waals surface area contributed by atoms with Crippen LogP contribution in [0, 0.1) is 6.92 Å². The molecule has 0 saturated carbocycles.